The highest BCUT2D eigenvalue weighted by atomic mass is 16.3. The fourth-order valence-electron chi connectivity index (χ4n) is 10.4. The van der Waals surface area contributed by atoms with Crippen molar-refractivity contribution < 1.29 is 5.11 Å². The smallest absolute Gasteiger partial charge is 0.197 e. The third kappa shape index (κ3) is 6.56. The number of aromatic nitrogens is 4. The number of hydrogen-bond acceptors (Lipinski definition) is 7. The quantitative estimate of drug-likeness (QED) is 0.166. The third-order valence-corrected chi connectivity index (χ3v) is 13.8. The van der Waals surface area contributed by atoms with E-state index in [9.17, 15) is 9.90 Å². The van der Waals surface area contributed by atoms with E-state index in [0.717, 1.165) is 67.3 Å². The van der Waals surface area contributed by atoms with Crippen LogP contribution in [0.15, 0.2) is 223 Å². The average molecular weight is 891 g/mol. The van der Waals surface area contributed by atoms with Crippen molar-refractivity contribution in [2.75, 3.05) is 9.80 Å². The van der Waals surface area contributed by atoms with Crippen molar-refractivity contribution in [3.05, 3.63) is 251 Å². The van der Waals surface area contributed by atoms with E-state index in [0.29, 0.717) is 28.2 Å². The minimum absolute atomic E-state index is 0.0184. The van der Waals surface area contributed by atoms with Crippen molar-refractivity contribution in [2.24, 2.45) is 0 Å². The summed E-state index contributed by atoms with van der Waals surface area (Å²) in [6, 6.07) is 73.8. The molecule has 2 aliphatic heterocycles. The van der Waals surface area contributed by atoms with Gasteiger partial charge < -0.3 is 19.5 Å². The summed E-state index contributed by atoms with van der Waals surface area (Å²) in [5, 5.41) is 12.7. The Labute approximate surface area is 398 Å². The first-order chi connectivity index (χ1) is 34.0. The summed E-state index contributed by atoms with van der Waals surface area (Å²) in [5.74, 6) is 1.89. The molecular formula is C61H42N6O2. The summed E-state index contributed by atoms with van der Waals surface area (Å²) in [5.41, 5.74) is 15.6. The Morgan fingerprint density at radius 2 is 0.696 bits per heavy atom. The number of aliphatic hydroxyl groups is 1. The molecule has 0 spiro atoms. The summed E-state index contributed by atoms with van der Waals surface area (Å²) < 4.78 is 2.14. The van der Waals surface area contributed by atoms with Crippen LogP contribution in [0.3, 0.4) is 0 Å². The van der Waals surface area contributed by atoms with Crippen molar-refractivity contribution in [1.82, 2.24) is 19.5 Å². The van der Waals surface area contributed by atoms with Crippen LogP contribution in [-0.4, -0.2) is 24.6 Å². The number of rotatable bonds is 6. The molecule has 0 amide bonds. The maximum absolute atomic E-state index is 13.6. The zero-order chi connectivity index (χ0) is 46.2. The second-order valence-electron chi connectivity index (χ2n) is 17.7. The lowest BCUT2D eigenvalue weighted by Gasteiger charge is -2.36. The van der Waals surface area contributed by atoms with E-state index in [1.54, 1.807) is 0 Å². The molecule has 2 aliphatic rings. The van der Waals surface area contributed by atoms with Crippen molar-refractivity contribution in [3.63, 3.8) is 0 Å². The molecule has 0 radical (unpaired) electrons. The van der Waals surface area contributed by atoms with Gasteiger partial charge in [-0.1, -0.05) is 104 Å². The van der Waals surface area contributed by atoms with Crippen LogP contribution in [0.5, 0.6) is 0 Å². The van der Waals surface area contributed by atoms with Crippen LogP contribution in [-0.2, 0) is 0 Å². The first-order valence-electron chi connectivity index (χ1n) is 23.2. The number of pyridine rings is 1. The molecule has 0 saturated carbocycles. The SMILES string of the molecule is CC1c2ccccc2N(c2ccc(-c3nc(-c4ccc(N5c6ccccc6C(O)c6ccccc65)cc4)nc(-c4ccc(-n5c6ccccc6c(=O)c6ccccc65)cc4)n3)cc2)c2ccccc21. The van der Waals surface area contributed by atoms with Gasteiger partial charge in [0, 0.05) is 72.9 Å². The van der Waals surface area contributed by atoms with Gasteiger partial charge in [0.2, 0.25) is 0 Å². The monoisotopic (exact) mass is 890 g/mol. The number of para-hydroxylation sites is 6. The number of aliphatic hydroxyl groups excluding tert-OH is 1. The molecule has 8 nitrogen and oxygen atoms in total. The molecule has 69 heavy (non-hydrogen) atoms. The molecule has 0 unspecified atom stereocenters. The highest BCUT2D eigenvalue weighted by molar-refractivity contribution is 5.95. The lowest BCUT2D eigenvalue weighted by molar-refractivity contribution is 0.219. The van der Waals surface area contributed by atoms with Gasteiger partial charge in [-0.05, 0) is 132 Å². The molecule has 1 N–H and O–H groups in total. The van der Waals surface area contributed by atoms with Gasteiger partial charge in [-0.3, -0.25) is 4.79 Å². The number of hydrogen-bond donors (Lipinski definition) is 1. The van der Waals surface area contributed by atoms with Crippen LogP contribution in [0.2, 0.25) is 0 Å². The first kappa shape index (κ1) is 40.3. The minimum Gasteiger partial charge on any atom is -0.383 e. The molecule has 328 valence electrons. The molecular weight excluding hydrogens is 849 g/mol. The summed E-state index contributed by atoms with van der Waals surface area (Å²) >= 11 is 0. The van der Waals surface area contributed by atoms with E-state index in [4.69, 9.17) is 15.0 Å². The predicted octanol–water partition coefficient (Wildman–Crippen LogP) is 14.1. The lowest BCUT2D eigenvalue weighted by atomic mass is 9.86. The Kier molecular flexibility index (Phi) is 9.42. The van der Waals surface area contributed by atoms with E-state index in [-0.39, 0.29) is 11.3 Å². The number of nitrogens with zero attached hydrogens (tertiary/aromatic N) is 6. The fourth-order valence-corrected chi connectivity index (χ4v) is 10.4. The van der Waals surface area contributed by atoms with E-state index >= 15 is 0 Å². The Balaban J connectivity index is 0.922. The second kappa shape index (κ2) is 16.1. The Hall–Kier alpha value is -8.98. The molecule has 0 atom stereocenters. The molecule has 0 fully saturated rings. The second-order valence-corrected chi connectivity index (χ2v) is 17.7. The summed E-state index contributed by atoms with van der Waals surface area (Å²) in [6.07, 6.45) is -0.719. The van der Waals surface area contributed by atoms with Crippen LogP contribution in [0, 0.1) is 0 Å². The molecule has 2 aromatic heterocycles. The standard InChI is InChI=1S/C61H42N6O2/c1-38-45-14-2-8-20-51(45)65(52-21-9-3-15-46(38)52)42-32-26-39(27-33-42)59-62-60(40-28-34-43(35-29-40)66-53-22-10-4-16-47(53)57(68)48-17-5-11-23-54(48)66)64-61(63-59)41-30-36-44(37-31-41)67-55-24-12-6-18-49(55)58(69)50-19-7-13-25-56(50)67/h2-38,57,68H,1H3. The summed E-state index contributed by atoms with van der Waals surface area (Å²) in [7, 11) is 0. The molecule has 8 heteroatoms. The van der Waals surface area contributed by atoms with Crippen molar-refractivity contribution in [1.29, 1.82) is 0 Å². The number of fused-ring (bicyclic) bond motifs is 6. The van der Waals surface area contributed by atoms with E-state index in [1.165, 1.54) is 22.5 Å². The normalized spacial score (nSPS) is 13.2. The first-order valence-corrected chi connectivity index (χ1v) is 23.2. The van der Waals surface area contributed by atoms with Gasteiger partial charge in [-0.15, -0.1) is 0 Å². The van der Waals surface area contributed by atoms with Gasteiger partial charge in [0.25, 0.3) is 0 Å². The zero-order valence-corrected chi connectivity index (χ0v) is 37.5. The van der Waals surface area contributed by atoms with Gasteiger partial charge in [0.15, 0.2) is 22.9 Å². The minimum atomic E-state index is -0.719. The van der Waals surface area contributed by atoms with E-state index in [2.05, 4.69) is 143 Å². The van der Waals surface area contributed by atoms with Crippen LogP contribution >= 0.6 is 0 Å². The summed E-state index contributed by atoms with van der Waals surface area (Å²) in [4.78, 5) is 33.6. The highest BCUT2D eigenvalue weighted by Crippen LogP contribution is 2.50. The van der Waals surface area contributed by atoms with Crippen molar-refractivity contribution in [2.45, 2.75) is 18.9 Å². The Bertz CT molecular complexity index is 3550. The van der Waals surface area contributed by atoms with Crippen LogP contribution < -0.4 is 15.2 Å². The molecule has 0 aliphatic carbocycles. The highest BCUT2D eigenvalue weighted by Gasteiger charge is 2.31. The predicted molar refractivity (Wildman–Crippen MR) is 278 cm³/mol. The van der Waals surface area contributed by atoms with Gasteiger partial charge >= 0.3 is 0 Å². The topological polar surface area (TPSA) is 87.4 Å². The Morgan fingerprint density at radius 3 is 1.10 bits per heavy atom. The number of benzene rings is 9. The molecule has 9 aromatic carbocycles. The van der Waals surface area contributed by atoms with Gasteiger partial charge in [-0.25, -0.2) is 15.0 Å². The van der Waals surface area contributed by atoms with Crippen LogP contribution in [0.1, 0.15) is 41.2 Å². The fraction of sp³-hybridized carbons (Fsp3) is 0.0492. The maximum atomic E-state index is 13.6. The molecule has 11 aromatic rings. The van der Waals surface area contributed by atoms with Gasteiger partial charge in [-0.2, -0.15) is 0 Å². The molecule has 4 heterocycles. The van der Waals surface area contributed by atoms with Gasteiger partial charge in [0.1, 0.15) is 6.10 Å². The molecule has 0 saturated heterocycles. The van der Waals surface area contributed by atoms with Gasteiger partial charge in [0.05, 0.1) is 22.4 Å². The van der Waals surface area contributed by atoms with Crippen molar-refractivity contribution >= 4 is 55.9 Å². The Morgan fingerprint density at radius 1 is 0.377 bits per heavy atom. The van der Waals surface area contributed by atoms with Crippen molar-refractivity contribution in [3.8, 4) is 39.9 Å². The van der Waals surface area contributed by atoms with Crippen LogP contribution in [0.4, 0.5) is 34.1 Å². The molecule has 0 bridgehead atoms. The summed E-state index contributed by atoms with van der Waals surface area (Å²) in [6.45, 7) is 2.28. The largest absolute Gasteiger partial charge is 0.383 e. The molecule has 13 rings (SSSR count). The third-order valence-electron chi connectivity index (χ3n) is 13.8. The van der Waals surface area contributed by atoms with E-state index in [1.807, 2.05) is 97.1 Å². The maximum Gasteiger partial charge on any atom is 0.197 e. The van der Waals surface area contributed by atoms with E-state index < -0.39 is 6.10 Å². The lowest BCUT2D eigenvalue weighted by Crippen LogP contribution is -2.21. The van der Waals surface area contributed by atoms with Crippen LogP contribution in [0.25, 0.3) is 61.7 Å². The average Bonchev–Trinajstić information content (AvgIpc) is 3.42. The zero-order valence-electron chi connectivity index (χ0n) is 37.5. The number of anilines is 6.